The Balaban J connectivity index is 2.32. The molecule has 0 fully saturated rings. The van der Waals surface area contributed by atoms with Gasteiger partial charge in [-0.1, -0.05) is 36.4 Å². The van der Waals surface area contributed by atoms with Crippen LogP contribution >= 0.6 is 0 Å². The molecule has 0 unspecified atom stereocenters. The number of aliphatic hydroxyl groups is 1. The summed E-state index contributed by atoms with van der Waals surface area (Å²) in [4.78, 5) is 0. The van der Waals surface area contributed by atoms with E-state index in [-0.39, 0.29) is 6.61 Å². The number of aliphatic hydroxyl groups excluding tert-OH is 1. The smallest absolute Gasteiger partial charge is 0.396 e. The monoisotopic (exact) mass is 280 g/mol. The predicted octanol–water partition coefficient (Wildman–Crippen LogP) is 4.30. The van der Waals surface area contributed by atoms with Crippen LogP contribution in [0, 0.1) is 0 Å². The van der Waals surface area contributed by atoms with Crippen molar-refractivity contribution in [1.29, 1.82) is 0 Å². The zero-order valence-corrected chi connectivity index (χ0v) is 10.8. The van der Waals surface area contributed by atoms with Crippen LogP contribution in [0.15, 0.2) is 48.5 Å². The Labute approximate surface area is 115 Å². The minimum atomic E-state index is -4.33. The summed E-state index contributed by atoms with van der Waals surface area (Å²) >= 11 is 0. The molecule has 0 heterocycles. The molecule has 2 rings (SSSR count). The van der Waals surface area contributed by atoms with Gasteiger partial charge in [0.1, 0.15) is 0 Å². The van der Waals surface area contributed by atoms with E-state index in [0.717, 1.165) is 23.3 Å². The van der Waals surface area contributed by atoms with Gasteiger partial charge < -0.3 is 5.11 Å². The summed E-state index contributed by atoms with van der Waals surface area (Å²) in [6.45, 7) is 0.105. The Hall–Kier alpha value is -1.81. The maximum atomic E-state index is 12.7. The Morgan fingerprint density at radius 3 is 2.20 bits per heavy atom. The van der Waals surface area contributed by atoms with E-state index in [1.807, 2.05) is 18.2 Å². The predicted molar refractivity (Wildman–Crippen MR) is 72.3 cm³/mol. The third-order valence-electron chi connectivity index (χ3n) is 3.07. The fourth-order valence-corrected chi connectivity index (χ4v) is 2.06. The van der Waals surface area contributed by atoms with Crippen molar-refractivity contribution in [3.63, 3.8) is 0 Å². The third-order valence-corrected chi connectivity index (χ3v) is 3.07. The molecule has 0 aromatic heterocycles. The fraction of sp³-hybridized carbons (Fsp3) is 0.250. The number of aryl methyl sites for hydroxylation is 1. The van der Waals surface area contributed by atoms with Gasteiger partial charge >= 0.3 is 6.18 Å². The topological polar surface area (TPSA) is 20.2 Å². The standard InChI is InChI=1S/C16H15F3O/c17-16(18,19)15-8-2-7-14(11-15)13-6-1-4-12(10-13)5-3-9-20/h1-2,4,6-8,10-11,20H,3,5,9H2. The van der Waals surface area contributed by atoms with Crippen LogP contribution < -0.4 is 0 Å². The van der Waals surface area contributed by atoms with Crippen LogP contribution in [0.5, 0.6) is 0 Å². The molecule has 20 heavy (non-hydrogen) atoms. The van der Waals surface area contributed by atoms with E-state index in [1.165, 1.54) is 6.07 Å². The number of rotatable bonds is 4. The number of halogens is 3. The molecule has 0 aliphatic rings. The summed E-state index contributed by atoms with van der Waals surface area (Å²) in [7, 11) is 0. The molecule has 0 radical (unpaired) electrons. The first-order valence-electron chi connectivity index (χ1n) is 6.38. The van der Waals surface area contributed by atoms with Crippen molar-refractivity contribution in [2.75, 3.05) is 6.61 Å². The SMILES string of the molecule is OCCCc1cccc(-c2cccc(C(F)(F)F)c2)c1. The van der Waals surface area contributed by atoms with Crippen molar-refractivity contribution >= 4 is 0 Å². The highest BCUT2D eigenvalue weighted by atomic mass is 19.4. The highest BCUT2D eigenvalue weighted by molar-refractivity contribution is 5.65. The Morgan fingerprint density at radius 1 is 0.900 bits per heavy atom. The first-order valence-corrected chi connectivity index (χ1v) is 6.38. The molecule has 4 heteroatoms. The van der Waals surface area contributed by atoms with Crippen molar-refractivity contribution in [2.45, 2.75) is 19.0 Å². The van der Waals surface area contributed by atoms with Crippen molar-refractivity contribution in [3.8, 4) is 11.1 Å². The Kier molecular flexibility index (Phi) is 4.45. The van der Waals surface area contributed by atoms with Crippen LogP contribution in [0.4, 0.5) is 13.2 Å². The minimum Gasteiger partial charge on any atom is -0.396 e. The number of hydrogen-bond acceptors (Lipinski definition) is 1. The highest BCUT2D eigenvalue weighted by Crippen LogP contribution is 2.32. The van der Waals surface area contributed by atoms with Gasteiger partial charge in [0.25, 0.3) is 0 Å². The largest absolute Gasteiger partial charge is 0.416 e. The quantitative estimate of drug-likeness (QED) is 0.885. The van der Waals surface area contributed by atoms with Crippen LogP contribution in [0.2, 0.25) is 0 Å². The first-order chi connectivity index (χ1) is 9.50. The van der Waals surface area contributed by atoms with Gasteiger partial charge in [0.2, 0.25) is 0 Å². The molecule has 0 atom stereocenters. The van der Waals surface area contributed by atoms with E-state index in [9.17, 15) is 13.2 Å². The minimum absolute atomic E-state index is 0.105. The molecule has 0 bridgehead atoms. The van der Waals surface area contributed by atoms with E-state index in [1.54, 1.807) is 12.1 Å². The van der Waals surface area contributed by atoms with E-state index in [0.29, 0.717) is 18.4 Å². The van der Waals surface area contributed by atoms with Gasteiger partial charge in [0.05, 0.1) is 5.56 Å². The number of benzene rings is 2. The first kappa shape index (κ1) is 14.6. The molecule has 0 aliphatic heterocycles. The van der Waals surface area contributed by atoms with Gasteiger partial charge in [0, 0.05) is 6.61 Å². The molecular weight excluding hydrogens is 265 g/mol. The zero-order valence-electron chi connectivity index (χ0n) is 10.8. The Morgan fingerprint density at radius 2 is 1.55 bits per heavy atom. The number of alkyl halides is 3. The summed E-state index contributed by atoms with van der Waals surface area (Å²) in [5, 5.41) is 8.81. The van der Waals surface area contributed by atoms with Crippen LogP contribution in [0.1, 0.15) is 17.5 Å². The second-order valence-corrected chi connectivity index (χ2v) is 4.61. The molecule has 0 aliphatic carbocycles. The summed E-state index contributed by atoms with van der Waals surface area (Å²) < 4.78 is 38.1. The van der Waals surface area contributed by atoms with Crippen molar-refractivity contribution in [3.05, 3.63) is 59.7 Å². The molecule has 2 aromatic carbocycles. The van der Waals surface area contributed by atoms with Gasteiger partial charge in [-0.05, 0) is 41.7 Å². The van der Waals surface area contributed by atoms with E-state index >= 15 is 0 Å². The molecule has 0 spiro atoms. The molecule has 1 N–H and O–H groups in total. The average Bonchev–Trinajstić information content (AvgIpc) is 2.45. The van der Waals surface area contributed by atoms with Crippen LogP contribution in [-0.4, -0.2) is 11.7 Å². The normalized spacial score (nSPS) is 11.6. The summed E-state index contributed by atoms with van der Waals surface area (Å²) in [5.41, 5.74) is 1.67. The molecule has 1 nitrogen and oxygen atoms in total. The second kappa shape index (κ2) is 6.09. The van der Waals surface area contributed by atoms with Gasteiger partial charge in [-0.15, -0.1) is 0 Å². The summed E-state index contributed by atoms with van der Waals surface area (Å²) in [6, 6.07) is 12.7. The summed E-state index contributed by atoms with van der Waals surface area (Å²) in [6.07, 6.45) is -2.97. The molecule has 2 aromatic rings. The zero-order chi connectivity index (χ0) is 14.6. The maximum Gasteiger partial charge on any atom is 0.416 e. The molecule has 0 amide bonds. The highest BCUT2D eigenvalue weighted by Gasteiger charge is 2.30. The van der Waals surface area contributed by atoms with Gasteiger partial charge in [-0.2, -0.15) is 13.2 Å². The second-order valence-electron chi connectivity index (χ2n) is 4.61. The lowest BCUT2D eigenvalue weighted by Crippen LogP contribution is -2.04. The van der Waals surface area contributed by atoms with E-state index in [4.69, 9.17) is 5.11 Å². The lowest BCUT2D eigenvalue weighted by atomic mass is 9.99. The van der Waals surface area contributed by atoms with E-state index < -0.39 is 11.7 Å². The molecule has 106 valence electrons. The lowest BCUT2D eigenvalue weighted by molar-refractivity contribution is -0.137. The van der Waals surface area contributed by atoms with Gasteiger partial charge in [0.15, 0.2) is 0 Å². The van der Waals surface area contributed by atoms with Crippen molar-refractivity contribution in [1.82, 2.24) is 0 Å². The Bertz CT molecular complexity index is 576. The molecular formula is C16H15F3O. The lowest BCUT2D eigenvalue weighted by Gasteiger charge is -2.10. The third kappa shape index (κ3) is 3.61. The maximum absolute atomic E-state index is 12.7. The summed E-state index contributed by atoms with van der Waals surface area (Å²) in [5.74, 6) is 0. The van der Waals surface area contributed by atoms with E-state index in [2.05, 4.69) is 0 Å². The van der Waals surface area contributed by atoms with Crippen molar-refractivity contribution in [2.24, 2.45) is 0 Å². The van der Waals surface area contributed by atoms with Crippen molar-refractivity contribution < 1.29 is 18.3 Å². The fourth-order valence-electron chi connectivity index (χ4n) is 2.06. The van der Waals surface area contributed by atoms with Gasteiger partial charge in [-0.25, -0.2) is 0 Å². The van der Waals surface area contributed by atoms with Gasteiger partial charge in [-0.3, -0.25) is 0 Å². The van der Waals surface area contributed by atoms with Crippen LogP contribution in [0.3, 0.4) is 0 Å². The van der Waals surface area contributed by atoms with Crippen LogP contribution in [-0.2, 0) is 12.6 Å². The average molecular weight is 280 g/mol. The molecule has 0 saturated heterocycles. The number of hydrogen-bond donors (Lipinski definition) is 1. The molecule has 0 saturated carbocycles. The van der Waals surface area contributed by atoms with Crippen LogP contribution in [0.25, 0.3) is 11.1 Å².